The number of aromatic nitrogens is 2. The Balaban J connectivity index is 1.68. The summed E-state index contributed by atoms with van der Waals surface area (Å²) in [5.41, 5.74) is 3.63. The minimum atomic E-state index is -3.58. The second-order valence-electron chi connectivity index (χ2n) is 6.70. The number of oxazole rings is 1. The van der Waals surface area contributed by atoms with Crippen LogP contribution >= 0.6 is 0 Å². The van der Waals surface area contributed by atoms with E-state index in [1.54, 1.807) is 42.9 Å². The van der Waals surface area contributed by atoms with Gasteiger partial charge in [-0.15, -0.1) is 0 Å². The zero-order chi connectivity index (χ0) is 21.0. The van der Waals surface area contributed by atoms with Crippen LogP contribution in [0.1, 0.15) is 11.1 Å². The van der Waals surface area contributed by atoms with E-state index in [1.165, 1.54) is 6.26 Å². The third-order valence-corrected chi connectivity index (χ3v) is 5.71. The molecule has 30 heavy (non-hydrogen) atoms. The van der Waals surface area contributed by atoms with Crippen LogP contribution in [0.15, 0.2) is 89.9 Å². The number of rotatable bonds is 7. The second kappa shape index (κ2) is 8.38. The Morgan fingerprint density at radius 1 is 1.00 bits per heavy atom. The van der Waals surface area contributed by atoms with Gasteiger partial charge in [-0.1, -0.05) is 36.4 Å². The molecule has 0 fully saturated rings. The monoisotopic (exact) mass is 420 g/mol. The van der Waals surface area contributed by atoms with Gasteiger partial charge in [-0.05, 0) is 42.3 Å². The van der Waals surface area contributed by atoms with Crippen LogP contribution in [0, 0.1) is 6.92 Å². The molecule has 0 amide bonds. The molecule has 0 aliphatic heterocycles. The maximum Gasteiger partial charge on any atom is 0.306 e. The van der Waals surface area contributed by atoms with E-state index in [0.29, 0.717) is 11.7 Å². The topological polar surface area (TPSA) is 88.3 Å². The van der Waals surface area contributed by atoms with Crippen molar-refractivity contribution in [1.29, 1.82) is 0 Å². The number of anilines is 4. The number of sulfonamides is 1. The molecule has 7 nitrogen and oxygen atoms in total. The first-order valence-corrected chi connectivity index (χ1v) is 10.9. The molecule has 4 aromatic rings. The maximum absolute atomic E-state index is 12.7. The van der Waals surface area contributed by atoms with Gasteiger partial charge in [0.2, 0.25) is 10.0 Å². The smallest absolute Gasteiger partial charge is 0.306 e. The molecule has 8 heteroatoms. The van der Waals surface area contributed by atoms with Crippen molar-refractivity contribution in [3.05, 3.63) is 96.6 Å². The Morgan fingerprint density at radius 2 is 1.77 bits per heavy atom. The first-order valence-electron chi connectivity index (χ1n) is 9.26. The summed E-state index contributed by atoms with van der Waals surface area (Å²) in [6.07, 6.45) is 6.40. The van der Waals surface area contributed by atoms with Gasteiger partial charge in [0.05, 0.1) is 29.0 Å². The van der Waals surface area contributed by atoms with Crippen LogP contribution < -0.4 is 9.62 Å². The summed E-state index contributed by atoms with van der Waals surface area (Å²) < 4.78 is 33.5. The van der Waals surface area contributed by atoms with Gasteiger partial charge >= 0.3 is 6.01 Å². The van der Waals surface area contributed by atoms with Crippen LogP contribution in [0.4, 0.5) is 23.1 Å². The van der Waals surface area contributed by atoms with Crippen molar-refractivity contribution in [3.8, 4) is 0 Å². The zero-order valence-electron chi connectivity index (χ0n) is 16.3. The summed E-state index contributed by atoms with van der Waals surface area (Å²) >= 11 is 0. The lowest BCUT2D eigenvalue weighted by Crippen LogP contribution is -2.16. The fourth-order valence-electron chi connectivity index (χ4n) is 3.10. The molecule has 0 atom stereocenters. The van der Waals surface area contributed by atoms with Crippen molar-refractivity contribution in [1.82, 2.24) is 9.97 Å². The van der Waals surface area contributed by atoms with Crippen molar-refractivity contribution in [2.75, 3.05) is 9.62 Å². The molecule has 0 aliphatic rings. The Morgan fingerprint density at radius 3 is 2.47 bits per heavy atom. The van der Waals surface area contributed by atoms with Crippen molar-refractivity contribution in [3.63, 3.8) is 0 Å². The standard InChI is InChI=1S/C22H20N4O3S/c1-17-7-8-19(25-30(27,28)16-18-5-3-2-4-6-18)15-21(17)26(22-24-13-14-29-22)20-9-11-23-12-10-20/h2-15,25H,16H2,1H3. The summed E-state index contributed by atoms with van der Waals surface area (Å²) in [6, 6.07) is 18.4. The lowest BCUT2D eigenvalue weighted by atomic mass is 10.1. The summed E-state index contributed by atoms with van der Waals surface area (Å²) in [5, 5.41) is 0. The Hall–Kier alpha value is -3.65. The van der Waals surface area contributed by atoms with Crippen LogP contribution in [0.5, 0.6) is 0 Å². The molecule has 2 aromatic heterocycles. The van der Waals surface area contributed by atoms with E-state index in [1.807, 2.05) is 48.2 Å². The number of aryl methyl sites for hydroxylation is 1. The molecule has 4 rings (SSSR count). The van der Waals surface area contributed by atoms with Crippen molar-refractivity contribution in [2.24, 2.45) is 0 Å². The van der Waals surface area contributed by atoms with E-state index in [2.05, 4.69) is 14.7 Å². The SMILES string of the molecule is Cc1ccc(NS(=O)(=O)Cc2ccccc2)cc1N(c1ccncc1)c1ncco1. The van der Waals surface area contributed by atoms with E-state index in [0.717, 1.165) is 22.5 Å². The van der Waals surface area contributed by atoms with Crippen molar-refractivity contribution < 1.29 is 12.8 Å². The van der Waals surface area contributed by atoms with Gasteiger partial charge in [-0.2, -0.15) is 0 Å². The zero-order valence-corrected chi connectivity index (χ0v) is 17.1. The van der Waals surface area contributed by atoms with Crippen molar-refractivity contribution in [2.45, 2.75) is 12.7 Å². The molecular formula is C22H20N4O3S. The van der Waals surface area contributed by atoms with Gasteiger partial charge in [-0.25, -0.2) is 13.4 Å². The predicted octanol–water partition coefficient (Wildman–Crippen LogP) is 4.79. The van der Waals surface area contributed by atoms with Gasteiger partial charge < -0.3 is 4.42 Å². The summed E-state index contributed by atoms with van der Waals surface area (Å²) in [7, 11) is -3.58. The molecule has 0 saturated carbocycles. The van der Waals surface area contributed by atoms with Crippen LogP contribution in [-0.2, 0) is 15.8 Å². The number of hydrogen-bond donors (Lipinski definition) is 1. The molecule has 152 valence electrons. The maximum atomic E-state index is 12.7. The fourth-order valence-corrected chi connectivity index (χ4v) is 4.28. The highest BCUT2D eigenvalue weighted by Gasteiger charge is 2.20. The molecule has 1 N–H and O–H groups in total. The van der Waals surface area contributed by atoms with Gasteiger partial charge in [0, 0.05) is 12.4 Å². The Bertz CT molecular complexity index is 1210. The molecule has 0 spiro atoms. The van der Waals surface area contributed by atoms with Gasteiger partial charge in [0.25, 0.3) is 0 Å². The third kappa shape index (κ3) is 4.49. The molecule has 0 saturated heterocycles. The lowest BCUT2D eigenvalue weighted by molar-refractivity contribution is 0.565. The summed E-state index contributed by atoms with van der Waals surface area (Å²) in [6.45, 7) is 1.94. The van der Waals surface area contributed by atoms with Crippen LogP contribution in [0.3, 0.4) is 0 Å². The molecule has 0 radical (unpaired) electrons. The fraction of sp³-hybridized carbons (Fsp3) is 0.0909. The van der Waals surface area contributed by atoms with Crippen LogP contribution in [-0.4, -0.2) is 18.4 Å². The van der Waals surface area contributed by atoms with Crippen LogP contribution in [0.2, 0.25) is 0 Å². The van der Waals surface area contributed by atoms with Crippen molar-refractivity contribution >= 4 is 33.1 Å². The first-order chi connectivity index (χ1) is 14.5. The van der Waals surface area contributed by atoms with E-state index in [4.69, 9.17) is 4.42 Å². The molecule has 0 unspecified atom stereocenters. The Kier molecular flexibility index (Phi) is 5.49. The number of pyridine rings is 1. The second-order valence-corrected chi connectivity index (χ2v) is 8.43. The number of hydrogen-bond acceptors (Lipinski definition) is 6. The lowest BCUT2D eigenvalue weighted by Gasteiger charge is -2.23. The molecule has 2 heterocycles. The minimum Gasteiger partial charge on any atom is -0.432 e. The number of benzene rings is 2. The average Bonchev–Trinajstić information content (AvgIpc) is 3.26. The largest absolute Gasteiger partial charge is 0.432 e. The average molecular weight is 420 g/mol. The minimum absolute atomic E-state index is 0.106. The van der Waals surface area contributed by atoms with Gasteiger partial charge in [0.1, 0.15) is 6.26 Å². The van der Waals surface area contributed by atoms with Gasteiger partial charge in [0.15, 0.2) is 0 Å². The summed E-state index contributed by atoms with van der Waals surface area (Å²) in [4.78, 5) is 10.1. The quantitative estimate of drug-likeness (QED) is 0.462. The molecule has 2 aromatic carbocycles. The van der Waals surface area contributed by atoms with E-state index < -0.39 is 10.0 Å². The predicted molar refractivity (Wildman–Crippen MR) is 116 cm³/mol. The summed E-state index contributed by atoms with van der Waals surface area (Å²) in [5.74, 6) is -0.106. The normalized spacial score (nSPS) is 11.2. The molecule has 0 bridgehead atoms. The highest BCUT2D eigenvalue weighted by atomic mass is 32.2. The Labute approximate surface area is 175 Å². The highest BCUT2D eigenvalue weighted by Crippen LogP contribution is 2.36. The number of nitrogens with one attached hydrogen (secondary N) is 1. The molecule has 0 aliphatic carbocycles. The van der Waals surface area contributed by atoms with E-state index in [9.17, 15) is 8.42 Å². The third-order valence-electron chi connectivity index (χ3n) is 4.45. The molecular weight excluding hydrogens is 400 g/mol. The van der Waals surface area contributed by atoms with E-state index in [-0.39, 0.29) is 5.75 Å². The first kappa shape index (κ1) is 19.7. The number of nitrogens with zero attached hydrogens (tertiary/aromatic N) is 3. The van der Waals surface area contributed by atoms with Gasteiger partial charge in [-0.3, -0.25) is 14.6 Å². The van der Waals surface area contributed by atoms with E-state index >= 15 is 0 Å². The highest BCUT2D eigenvalue weighted by molar-refractivity contribution is 7.91. The van der Waals surface area contributed by atoms with Crippen LogP contribution in [0.25, 0.3) is 0 Å².